The van der Waals surface area contributed by atoms with E-state index in [0.29, 0.717) is 13.0 Å². The predicted molar refractivity (Wildman–Crippen MR) is 67.3 cm³/mol. The Bertz CT molecular complexity index is 445. The van der Waals surface area contributed by atoms with Gasteiger partial charge in [0.1, 0.15) is 5.82 Å². The lowest BCUT2D eigenvalue weighted by molar-refractivity contribution is -0.117. The summed E-state index contributed by atoms with van der Waals surface area (Å²) in [7, 11) is 0. The fourth-order valence-corrected chi connectivity index (χ4v) is 2.00. The van der Waals surface area contributed by atoms with Crippen LogP contribution in [0.4, 0.5) is 5.82 Å². The summed E-state index contributed by atoms with van der Waals surface area (Å²) >= 11 is 3.40. The van der Waals surface area contributed by atoms with E-state index in [2.05, 4.69) is 27.5 Å². The van der Waals surface area contributed by atoms with Crippen molar-refractivity contribution in [2.45, 2.75) is 13.3 Å². The van der Waals surface area contributed by atoms with Gasteiger partial charge in [-0.2, -0.15) is 0 Å². The molecule has 1 aromatic rings. The molecule has 4 heteroatoms. The third kappa shape index (κ3) is 2.02. The van der Waals surface area contributed by atoms with E-state index in [-0.39, 0.29) is 11.8 Å². The molecule has 1 aliphatic heterocycles. The molecule has 1 amide bonds. The van der Waals surface area contributed by atoms with E-state index in [0.717, 1.165) is 15.9 Å². The summed E-state index contributed by atoms with van der Waals surface area (Å²) in [5.41, 5.74) is 1.08. The Morgan fingerprint density at radius 3 is 3.00 bits per heavy atom. The van der Waals surface area contributed by atoms with Crippen molar-refractivity contribution in [1.29, 1.82) is 0 Å². The van der Waals surface area contributed by atoms with Gasteiger partial charge in [0, 0.05) is 29.6 Å². The first-order valence-corrected chi connectivity index (χ1v) is 5.96. The lowest BCUT2D eigenvalue weighted by atomic mass is 10.1. The van der Waals surface area contributed by atoms with Crippen LogP contribution in [0.2, 0.25) is 0 Å². The number of nitrogens with zero attached hydrogens (tertiary/aromatic N) is 2. The van der Waals surface area contributed by atoms with Crippen molar-refractivity contribution in [3.63, 3.8) is 0 Å². The molecule has 1 atom stereocenters. The number of amides is 1. The third-order valence-corrected chi connectivity index (χ3v) is 3.63. The molecular formula is C12H13BrN2O. The number of carbonyl (C=O) groups is 1. The Labute approximate surface area is 103 Å². The molecule has 1 aliphatic rings. The quantitative estimate of drug-likeness (QED) is 0.781. The van der Waals surface area contributed by atoms with Gasteiger partial charge in [-0.15, -0.1) is 6.58 Å². The van der Waals surface area contributed by atoms with Crippen molar-refractivity contribution < 1.29 is 4.79 Å². The second-order valence-electron chi connectivity index (χ2n) is 4.00. The zero-order chi connectivity index (χ0) is 11.7. The molecule has 0 saturated carbocycles. The average Bonchev–Trinajstić information content (AvgIpc) is 2.64. The van der Waals surface area contributed by atoms with Crippen LogP contribution in [-0.2, 0) is 4.79 Å². The van der Waals surface area contributed by atoms with Gasteiger partial charge in [0.2, 0.25) is 5.91 Å². The van der Waals surface area contributed by atoms with E-state index in [1.807, 2.05) is 19.1 Å². The lowest BCUT2D eigenvalue weighted by Gasteiger charge is -2.15. The van der Waals surface area contributed by atoms with Crippen LogP contribution in [0.3, 0.4) is 0 Å². The number of hydrogen-bond donors (Lipinski definition) is 0. The van der Waals surface area contributed by atoms with E-state index >= 15 is 0 Å². The standard InChI is InChI=1S/C12H13BrN2O/c1-3-9-5-12(16)15(7-9)11-4-8(2)10(13)6-14-11/h3-4,6,9H,1,5,7H2,2H3. The Morgan fingerprint density at radius 1 is 1.69 bits per heavy atom. The highest BCUT2D eigenvalue weighted by molar-refractivity contribution is 9.10. The minimum atomic E-state index is 0.124. The molecular weight excluding hydrogens is 268 g/mol. The Balaban J connectivity index is 2.27. The van der Waals surface area contributed by atoms with Crippen LogP contribution in [0, 0.1) is 12.8 Å². The van der Waals surface area contributed by atoms with Crippen LogP contribution < -0.4 is 4.90 Å². The molecule has 0 radical (unpaired) electrons. The number of pyridine rings is 1. The van der Waals surface area contributed by atoms with Gasteiger partial charge in [0.15, 0.2) is 0 Å². The molecule has 1 fully saturated rings. The smallest absolute Gasteiger partial charge is 0.228 e. The van der Waals surface area contributed by atoms with Crippen LogP contribution in [0.15, 0.2) is 29.4 Å². The summed E-state index contributed by atoms with van der Waals surface area (Å²) in [5, 5.41) is 0. The summed E-state index contributed by atoms with van der Waals surface area (Å²) in [6.45, 7) is 6.41. The minimum absolute atomic E-state index is 0.124. The monoisotopic (exact) mass is 280 g/mol. The molecule has 3 nitrogen and oxygen atoms in total. The Morgan fingerprint density at radius 2 is 2.44 bits per heavy atom. The molecule has 0 spiro atoms. The van der Waals surface area contributed by atoms with Gasteiger partial charge in [0.05, 0.1) is 0 Å². The number of aromatic nitrogens is 1. The summed E-state index contributed by atoms with van der Waals surface area (Å²) in [4.78, 5) is 17.8. The fourth-order valence-electron chi connectivity index (χ4n) is 1.79. The molecule has 84 valence electrons. The molecule has 2 rings (SSSR count). The van der Waals surface area contributed by atoms with E-state index in [4.69, 9.17) is 0 Å². The highest BCUT2D eigenvalue weighted by Crippen LogP contribution is 2.26. The number of halogens is 1. The molecule has 1 aromatic heterocycles. The SMILES string of the molecule is C=CC1CC(=O)N(c2cc(C)c(Br)cn2)C1. The molecule has 0 bridgehead atoms. The first kappa shape index (κ1) is 11.3. The average molecular weight is 281 g/mol. The number of hydrogen-bond acceptors (Lipinski definition) is 2. The summed E-state index contributed by atoms with van der Waals surface area (Å²) in [6.07, 6.45) is 4.11. The summed E-state index contributed by atoms with van der Waals surface area (Å²) in [6, 6.07) is 1.92. The van der Waals surface area contributed by atoms with Crippen LogP contribution in [0.5, 0.6) is 0 Å². The first-order valence-electron chi connectivity index (χ1n) is 5.17. The number of anilines is 1. The summed E-state index contributed by atoms with van der Waals surface area (Å²) < 4.78 is 0.961. The second kappa shape index (κ2) is 4.37. The zero-order valence-corrected chi connectivity index (χ0v) is 10.7. The normalized spacial score (nSPS) is 20.2. The summed E-state index contributed by atoms with van der Waals surface area (Å²) in [5.74, 6) is 1.10. The van der Waals surface area contributed by atoms with E-state index < -0.39 is 0 Å². The highest BCUT2D eigenvalue weighted by atomic mass is 79.9. The molecule has 2 heterocycles. The van der Waals surface area contributed by atoms with Crippen molar-refractivity contribution >= 4 is 27.7 Å². The van der Waals surface area contributed by atoms with Gasteiger partial charge in [-0.3, -0.25) is 9.69 Å². The van der Waals surface area contributed by atoms with Gasteiger partial charge in [-0.25, -0.2) is 4.98 Å². The molecule has 0 aliphatic carbocycles. The van der Waals surface area contributed by atoms with E-state index in [1.165, 1.54) is 0 Å². The van der Waals surface area contributed by atoms with E-state index in [1.54, 1.807) is 11.1 Å². The minimum Gasteiger partial charge on any atom is -0.296 e. The van der Waals surface area contributed by atoms with Crippen molar-refractivity contribution in [1.82, 2.24) is 4.98 Å². The highest BCUT2D eigenvalue weighted by Gasteiger charge is 2.29. The Kier molecular flexibility index (Phi) is 3.10. The molecule has 16 heavy (non-hydrogen) atoms. The van der Waals surface area contributed by atoms with Crippen LogP contribution >= 0.6 is 15.9 Å². The third-order valence-electron chi connectivity index (χ3n) is 2.80. The second-order valence-corrected chi connectivity index (χ2v) is 4.85. The predicted octanol–water partition coefficient (Wildman–Crippen LogP) is 2.69. The van der Waals surface area contributed by atoms with Crippen LogP contribution in [-0.4, -0.2) is 17.4 Å². The van der Waals surface area contributed by atoms with Crippen molar-refractivity contribution in [3.05, 3.63) is 35.0 Å². The maximum absolute atomic E-state index is 11.8. The maximum Gasteiger partial charge on any atom is 0.228 e. The van der Waals surface area contributed by atoms with Gasteiger partial charge >= 0.3 is 0 Å². The topological polar surface area (TPSA) is 33.2 Å². The van der Waals surface area contributed by atoms with E-state index in [9.17, 15) is 4.79 Å². The Hall–Kier alpha value is -1.16. The zero-order valence-electron chi connectivity index (χ0n) is 9.11. The van der Waals surface area contributed by atoms with Crippen molar-refractivity contribution in [2.24, 2.45) is 5.92 Å². The van der Waals surface area contributed by atoms with Gasteiger partial charge in [-0.05, 0) is 34.5 Å². The number of carbonyl (C=O) groups excluding carboxylic acids is 1. The van der Waals surface area contributed by atoms with Gasteiger partial charge in [0.25, 0.3) is 0 Å². The molecule has 1 unspecified atom stereocenters. The van der Waals surface area contributed by atoms with Gasteiger partial charge in [-0.1, -0.05) is 6.08 Å². The number of rotatable bonds is 2. The fraction of sp³-hybridized carbons (Fsp3) is 0.333. The van der Waals surface area contributed by atoms with Crippen LogP contribution in [0.25, 0.3) is 0 Å². The van der Waals surface area contributed by atoms with Gasteiger partial charge < -0.3 is 0 Å². The van der Waals surface area contributed by atoms with Crippen molar-refractivity contribution in [2.75, 3.05) is 11.4 Å². The van der Waals surface area contributed by atoms with Crippen molar-refractivity contribution in [3.8, 4) is 0 Å². The largest absolute Gasteiger partial charge is 0.296 e. The molecule has 1 saturated heterocycles. The number of aryl methyl sites for hydroxylation is 1. The maximum atomic E-state index is 11.8. The molecule has 0 aromatic carbocycles. The molecule has 0 N–H and O–H groups in total. The first-order chi connectivity index (χ1) is 7.61. The lowest BCUT2D eigenvalue weighted by Crippen LogP contribution is -2.25. The van der Waals surface area contributed by atoms with Crippen LogP contribution in [0.1, 0.15) is 12.0 Å².